The van der Waals surface area contributed by atoms with Crippen LogP contribution in [0.3, 0.4) is 0 Å². The number of thiazole rings is 1. The number of allylic oxidation sites excluding steroid dienone is 1. The Hall–Kier alpha value is -2.90. The minimum atomic E-state index is 0.548. The van der Waals surface area contributed by atoms with Gasteiger partial charge >= 0.3 is 0 Å². The number of benzene rings is 2. The highest BCUT2D eigenvalue weighted by atomic mass is 32.1. The molecule has 4 heteroatoms. The molecule has 3 nitrogen and oxygen atoms in total. The Morgan fingerprint density at radius 3 is 2.71 bits per heavy atom. The van der Waals surface area contributed by atoms with Crippen LogP contribution in [0.25, 0.3) is 22.9 Å². The summed E-state index contributed by atoms with van der Waals surface area (Å²) in [6.07, 6.45) is 1.83. The highest BCUT2D eigenvalue weighted by molar-refractivity contribution is 7.11. The molecule has 0 radical (unpaired) electrons. The number of rotatable bonds is 4. The van der Waals surface area contributed by atoms with Gasteiger partial charge in [0.05, 0.1) is 18.4 Å². The number of hydrogen-bond donors (Lipinski definition) is 0. The van der Waals surface area contributed by atoms with Crippen LogP contribution in [0.4, 0.5) is 0 Å². The summed E-state index contributed by atoms with van der Waals surface area (Å²) in [6.45, 7) is 2.06. The van der Waals surface area contributed by atoms with Gasteiger partial charge in [0.25, 0.3) is 0 Å². The summed E-state index contributed by atoms with van der Waals surface area (Å²) in [5.41, 5.74) is 4.62. The molecule has 0 unspecified atom stereocenters. The third-order valence-electron chi connectivity index (χ3n) is 3.61. The second kappa shape index (κ2) is 7.12. The van der Waals surface area contributed by atoms with Crippen LogP contribution >= 0.6 is 11.3 Å². The summed E-state index contributed by atoms with van der Waals surface area (Å²) in [4.78, 5) is 4.62. The minimum absolute atomic E-state index is 0.548. The molecule has 1 heterocycles. The molecule has 0 atom stereocenters. The van der Waals surface area contributed by atoms with Gasteiger partial charge in [-0.25, -0.2) is 4.98 Å². The fraction of sp³-hybridized carbons (Fsp3) is 0.100. The largest absolute Gasteiger partial charge is 0.497 e. The van der Waals surface area contributed by atoms with Crippen molar-refractivity contribution < 1.29 is 4.74 Å². The lowest BCUT2D eigenvalue weighted by Gasteiger charge is -2.01. The lowest BCUT2D eigenvalue weighted by molar-refractivity contribution is 0.414. The van der Waals surface area contributed by atoms with Crippen LogP contribution in [0.5, 0.6) is 5.75 Å². The molecule has 1 aromatic heterocycles. The van der Waals surface area contributed by atoms with Gasteiger partial charge in [0, 0.05) is 10.9 Å². The molecular weight excluding hydrogens is 316 g/mol. The lowest BCUT2D eigenvalue weighted by Crippen LogP contribution is -1.85. The SMILES string of the molecule is COc1cccc(/C=C(/C#N)c2nc(-c3ccc(C)cc3)cs2)c1. The minimum Gasteiger partial charge on any atom is -0.497 e. The zero-order valence-electron chi connectivity index (χ0n) is 13.5. The topological polar surface area (TPSA) is 45.9 Å². The molecule has 0 spiro atoms. The van der Waals surface area contributed by atoms with Crippen molar-refractivity contribution in [1.29, 1.82) is 5.26 Å². The van der Waals surface area contributed by atoms with Gasteiger partial charge in [0.1, 0.15) is 16.8 Å². The van der Waals surface area contributed by atoms with Crippen LogP contribution in [0.2, 0.25) is 0 Å². The molecule has 0 saturated heterocycles. The second-order valence-electron chi connectivity index (χ2n) is 5.35. The number of aromatic nitrogens is 1. The molecule has 2 aromatic carbocycles. The smallest absolute Gasteiger partial charge is 0.134 e. The van der Waals surface area contributed by atoms with Crippen molar-refractivity contribution in [3.8, 4) is 23.1 Å². The first-order chi connectivity index (χ1) is 11.7. The second-order valence-corrected chi connectivity index (χ2v) is 6.21. The predicted octanol–water partition coefficient (Wildman–Crippen LogP) is 5.19. The standard InChI is InChI=1S/C20H16N2OS/c1-14-6-8-16(9-7-14)19-13-24-20(22-19)17(12-21)10-15-4-3-5-18(11-15)23-2/h3-11,13H,1-2H3/b17-10-. The molecule has 24 heavy (non-hydrogen) atoms. The molecule has 0 N–H and O–H groups in total. The van der Waals surface area contributed by atoms with Crippen LogP contribution < -0.4 is 4.74 Å². The highest BCUT2D eigenvalue weighted by Gasteiger charge is 2.09. The van der Waals surface area contributed by atoms with Crippen LogP contribution in [0.15, 0.2) is 53.9 Å². The van der Waals surface area contributed by atoms with Gasteiger partial charge in [0.2, 0.25) is 0 Å². The first-order valence-electron chi connectivity index (χ1n) is 7.48. The van der Waals surface area contributed by atoms with E-state index in [0.29, 0.717) is 5.57 Å². The molecule has 0 aliphatic rings. The lowest BCUT2D eigenvalue weighted by atomic mass is 10.1. The maximum Gasteiger partial charge on any atom is 0.134 e. The van der Waals surface area contributed by atoms with Gasteiger partial charge in [-0.05, 0) is 30.7 Å². The van der Waals surface area contributed by atoms with Crippen molar-refractivity contribution in [3.63, 3.8) is 0 Å². The van der Waals surface area contributed by atoms with Crippen molar-refractivity contribution in [2.75, 3.05) is 7.11 Å². The quantitative estimate of drug-likeness (QED) is 0.618. The average Bonchev–Trinajstić information content (AvgIpc) is 3.10. The number of aryl methyl sites for hydroxylation is 1. The van der Waals surface area contributed by atoms with Crippen molar-refractivity contribution in [3.05, 3.63) is 70.0 Å². The van der Waals surface area contributed by atoms with E-state index in [4.69, 9.17) is 4.74 Å². The molecule has 118 valence electrons. The molecule has 0 aliphatic carbocycles. The summed E-state index contributed by atoms with van der Waals surface area (Å²) < 4.78 is 5.22. The Kier molecular flexibility index (Phi) is 4.74. The van der Waals surface area contributed by atoms with E-state index < -0.39 is 0 Å². The number of nitriles is 1. The van der Waals surface area contributed by atoms with Crippen LogP contribution in [0, 0.1) is 18.3 Å². The van der Waals surface area contributed by atoms with E-state index in [9.17, 15) is 5.26 Å². The first kappa shape index (κ1) is 16.0. The maximum absolute atomic E-state index is 9.50. The molecular formula is C20H16N2OS. The molecule has 3 rings (SSSR count). The molecule has 0 amide bonds. The van der Waals surface area contributed by atoms with E-state index in [1.165, 1.54) is 16.9 Å². The fourth-order valence-electron chi connectivity index (χ4n) is 2.29. The van der Waals surface area contributed by atoms with E-state index in [2.05, 4.69) is 30.1 Å². The molecule has 3 aromatic rings. The van der Waals surface area contributed by atoms with Gasteiger partial charge in [-0.3, -0.25) is 0 Å². The summed E-state index contributed by atoms with van der Waals surface area (Å²) in [5, 5.41) is 12.2. The van der Waals surface area contributed by atoms with Crippen LogP contribution in [-0.4, -0.2) is 12.1 Å². The summed E-state index contributed by atoms with van der Waals surface area (Å²) in [6, 6.07) is 18.1. The van der Waals surface area contributed by atoms with E-state index in [1.807, 2.05) is 47.9 Å². The average molecular weight is 332 g/mol. The summed E-state index contributed by atoms with van der Waals surface area (Å²) in [5.74, 6) is 0.764. The van der Waals surface area contributed by atoms with E-state index in [0.717, 1.165) is 27.6 Å². The van der Waals surface area contributed by atoms with Gasteiger partial charge in [-0.1, -0.05) is 42.0 Å². The molecule has 0 bridgehead atoms. The van der Waals surface area contributed by atoms with Gasteiger partial charge in [-0.2, -0.15) is 5.26 Å². The Morgan fingerprint density at radius 2 is 2.00 bits per heavy atom. The zero-order valence-corrected chi connectivity index (χ0v) is 14.3. The zero-order chi connectivity index (χ0) is 16.9. The predicted molar refractivity (Wildman–Crippen MR) is 98.8 cm³/mol. The van der Waals surface area contributed by atoms with Crippen molar-refractivity contribution in [2.45, 2.75) is 6.92 Å². The Bertz CT molecular complexity index is 917. The Morgan fingerprint density at radius 1 is 1.21 bits per heavy atom. The highest BCUT2D eigenvalue weighted by Crippen LogP contribution is 2.27. The van der Waals surface area contributed by atoms with Gasteiger partial charge < -0.3 is 4.74 Å². The van der Waals surface area contributed by atoms with Gasteiger partial charge in [0.15, 0.2) is 0 Å². The van der Waals surface area contributed by atoms with Crippen LogP contribution in [-0.2, 0) is 0 Å². The number of ether oxygens (including phenoxy) is 1. The molecule has 0 saturated carbocycles. The van der Waals surface area contributed by atoms with E-state index >= 15 is 0 Å². The number of methoxy groups -OCH3 is 1. The third kappa shape index (κ3) is 3.53. The van der Waals surface area contributed by atoms with E-state index in [-0.39, 0.29) is 0 Å². The molecule has 0 fully saturated rings. The summed E-state index contributed by atoms with van der Waals surface area (Å²) in [7, 11) is 1.63. The van der Waals surface area contributed by atoms with Crippen molar-refractivity contribution in [1.82, 2.24) is 4.98 Å². The van der Waals surface area contributed by atoms with Gasteiger partial charge in [-0.15, -0.1) is 11.3 Å². The molecule has 0 aliphatic heterocycles. The van der Waals surface area contributed by atoms with Crippen molar-refractivity contribution >= 4 is 23.0 Å². The maximum atomic E-state index is 9.50. The van der Waals surface area contributed by atoms with E-state index in [1.54, 1.807) is 7.11 Å². The fourth-order valence-corrected chi connectivity index (χ4v) is 3.09. The van der Waals surface area contributed by atoms with Crippen molar-refractivity contribution in [2.24, 2.45) is 0 Å². The number of hydrogen-bond acceptors (Lipinski definition) is 4. The first-order valence-corrected chi connectivity index (χ1v) is 8.36. The summed E-state index contributed by atoms with van der Waals surface area (Å²) >= 11 is 1.48. The monoisotopic (exact) mass is 332 g/mol. The Balaban J connectivity index is 1.93. The third-order valence-corrected chi connectivity index (χ3v) is 4.48. The normalized spacial score (nSPS) is 11.1. The van der Waals surface area contributed by atoms with Crippen LogP contribution in [0.1, 0.15) is 16.1 Å². The number of nitrogens with zero attached hydrogens (tertiary/aromatic N) is 2. The Labute approximate surface area is 145 Å².